The number of hydrogen-bond donors (Lipinski definition) is 1. The molecule has 0 fully saturated rings. The number of anilines is 1. The van der Waals surface area contributed by atoms with Gasteiger partial charge in [-0.3, -0.25) is 13.9 Å². The van der Waals surface area contributed by atoms with Crippen LogP contribution in [-0.2, 0) is 26.2 Å². The summed E-state index contributed by atoms with van der Waals surface area (Å²) in [6.07, 6.45) is 0. The van der Waals surface area contributed by atoms with Crippen LogP contribution >= 0.6 is 27.5 Å². The van der Waals surface area contributed by atoms with Gasteiger partial charge in [0.2, 0.25) is 11.8 Å². The summed E-state index contributed by atoms with van der Waals surface area (Å²) in [5, 5.41) is 3.06. The normalized spacial score (nSPS) is 11.9. The predicted molar refractivity (Wildman–Crippen MR) is 170 cm³/mol. The highest BCUT2D eigenvalue weighted by Crippen LogP contribution is 2.37. The number of halogens is 2. The average molecular weight is 697 g/mol. The van der Waals surface area contributed by atoms with E-state index in [1.54, 1.807) is 13.0 Å². The van der Waals surface area contributed by atoms with Crippen molar-refractivity contribution in [3.63, 3.8) is 0 Å². The van der Waals surface area contributed by atoms with E-state index in [0.717, 1.165) is 14.3 Å². The molecule has 232 valence electrons. The largest absolute Gasteiger partial charge is 0.495 e. The number of benzene rings is 3. The Kier molecular flexibility index (Phi) is 11.7. The number of carbonyl (C=O) groups is 2. The lowest BCUT2D eigenvalue weighted by Crippen LogP contribution is -2.52. The third-order valence-corrected chi connectivity index (χ3v) is 8.96. The number of nitrogens with zero attached hydrogens (tertiary/aromatic N) is 2. The SMILES string of the molecule is COc1ccc(S(=O)(=O)N(CC(=O)N(Cc2cccc(Br)c2)[C@H](C)C(=O)NC(C)C)c2cc(Cl)ccc2OC)cc1OC. The Morgan fingerprint density at radius 2 is 1.56 bits per heavy atom. The molecule has 0 heterocycles. The maximum Gasteiger partial charge on any atom is 0.265 e. The summed E-state index contributed by atoms with van der Waals surface area (Å²) in [6.45, 7) is 4.60. The minimum Gasteiger partial charge on any atom is -0.495 e. The van der Waals surface area contributed by atoms with Crippen molar-refractivity contribution < 1.29 is 32.2 Å². The molecule has 13 heteroatoms. The molecule has 10 nitrogen and oxygen atoms in total. The van der Waals surface area contributed by atoms with Gasteiger partial charge in [0.15, 0.2) is 11.5 Å². The van der Waals surface area contributed by atoms with Crippen LogP contribution in [0.3, 0.4) is 0 Å². The van der Waals surface area contributed by atoms with E-state index in [1.807, 2.05) is 38.1 Å². The number of nitrogens with one attached hydrogen (secondary N) is 1. The summed E-state index contributed by atoms with van der Waals surface area (Å²) in [5.74, 6) is -0.325. The van der Waals surface area contributed by atoms with Crippen molar-refractivity contribution in [3.05, 3.63) is 75.7 Å². The topological polar surface area (TPSA) is 114 Å². The Hall–Kier alpha value is -3.48. The highest BCUT2D eigenvalue weighted by atomic mass is 79.9. The molecule has 0 unspecified atom stereocenters. The molecule has 0 saturated carbocycles. The van der Waals surface area contributed by atoms with Crippen LogP contribution in [-0.4, -0.2) is 65.1 Å². The molecule has 0 saturated heterocycles. The minimum atomic E-state index is -4.43. The van der Waals surface area contributed by atoms with Crippen LogP contribution in [0.2, 0.25) is 5.02 Å². The van der Waals surface area contributed by atoms with Crippen LogP contribution < -0.4 is 23.8 Å². The molecule has 0 aliphatic carbocycles. The Bertz CT molecular complexity index is 1570. The lowest BCUT2D eigenvalue weighted by atomic mass is 10.1. The van der Waals surface area contributed by atoms with Gasteiger partial charge in [-0.15, -0.1) is 0 Å². The lowest BCUT2D eigenvalue weighted by molar-refractivity contribution is -0.139. The van der Waals surface area contributed by atoms with Crippen molar-refractivity contribution in [1.29, 1.82) is 0 Å². The van der Waals surface area contributed by atoms with E-state index in [2.05, 4.69) is 21.2 Å². The number of rotatable bonds is 13. The summed E-state index contributed by atoms with van der Waals surface area (Å²) in [5.41, 5.74) is 0.779. The molecule has 43 heavy (non-hydrogen) atoms. The third-order valence-electron chi connectivity index (χ3n) is 6.47. The maximum atomic E-state index is 14.3. The van der Waals surface area contributed by atoms with Gasteiger partial charge in [-0.05, 0) is 68.8 Å². The van der Waals surface area contributed by atoms with Crippen LogP contribution in [0, 0.1) is 0 Å². The van der Waals surface area contributed by atoms with Gasteiger partial charge in [0.25, 0.3) is 10.0 Å². The number of sulfonamides is 1. The number of carbonyl (C=O) groups excluding carboxylic acids is 2. The quantitative estimate of drug-likeness (QED) is 0.259. The number of hydrogen-bond acceptors (Lipinski definition) is 7. The molecule has 2 amide bonds. The van der Waals surface area contributed by atoms with Crippen LogP contribution in [0.5, 0.6) is 17.2 Å². The summed E-state index contributed by atoms with van der Waals surface area (Å²) in [4.78, 5) is 28.4. The third kappa shape index (κ3) is 8.33. The highest BCUT2D eigenvalue weighted by Gasteiger charge is 2.34. The molecule has 1 N–H and O–H groups in total. The first-order valence-corrected chi connectivity index (χ1v) is 15.9. The molecule has 0 aromatic heterocycles. The number of methoxy groups -OCH3 is 3. The molecule has 3 rings (SSSR count). The molecule has 3 aromatic carbocycles. The lowest BCUT2D eigenvalue weighted by Gasteiger charge is -2.32. The first-order chi connectivity index (χ1) is 20.3. The van der Waals surface area contributed by atoms with E-state index in [4.69, 9.17) is 25.8 Å². The van der Waals surface area contributed by atoms with Gasteiger partial charge < -0.3 is 24.4 Å². The zero-order valence-corrected chi connectivity index (χ0v) is 27.9. The standard InChI is InChI=1S/C30H35BrClN3O7S/c1-19(2)33-30(37)20(3)34(17-21-8-7-9-22(31)14-21)29(36)18-35(25-15-23(32)10-12-26(25)40-4)43(38,39)24-11-13-27(41-5)28(16-24)42-6/h7-16,19-20H,17-18H2,1-6H3,(H,33,37)/t20-/m1/s1. The molecular formula is C30H35BrClN3O7S. The van der Waals surface area contributed by atoms with E-state index >= 15 is 0 Å². The fraction of sp³-hybridized carbons (Fsp3) is 0.333. The van der Waals surface area contributed by atoms with E-state index in [0.29, 0.717) is 5.75 Å². The van der Waals surface area contributed by atoms with Crippen molar-refractivity contribution in [3.8, 4) is 17.2 Å². The Balaban J connectivity index is 2.15. The first kappa shape index (κ1) is 34.0. The van der Waals surface area contributed by atoms with Gasteiger partial charge in [-0.1, -0.05) is 39.7 Å². The van der Waals surface area contributed by atoms with E-state index in [-0.39, 0.29) is 45.6 Å². The van der Waals surface area contributed by atoms with Crippen LogP contribution in [0.15, 0.2) is 70.0 Å². The molecule has 0 spiro atoms. The van der Waals surface area contributed by atoms with Crippen molar-refractivity contribution >= 4 is 55.1 Å². The highest BCUT2D eigenvalue weighted by molar-refractivity contribution is 9.10. The van der Waals surface area contributed by atoms with E-state index in [9.17, 15) is 18.0 Å². The summed E-state index contributed by atoms with van der Waals surface area (Å²) >= 11 is 9.74. The summed E-state index contributed by atoms with van der Waals surface area (Å²) in [7, 11) is -0.225. The van der Waals surface area contributed by atoms with Crippen molar-refractivity contribution in [2.24, 2.45) is 0 Å². The average Bonchev–Trinajstić information content (AvgIpc) is 2.97. The second kappa shape index (κ2) is 14.8. The number of ether oxygens (including phenoxy) is 3. The summed E-state index contributed by atoms with van der Waals surface area (Å²) in [6, 6.07) is 14.8. The molecule has 0 aliphatic heterocycles. The zero-order chi connectivity index (χ0) is 31.9. The minimum absolute atomic E-state index is 0.0415. The van der Waals surface area contributed by atoms with Crippen molar-refractivity contribution in [2.75, 3.05) is 32.2 Å². The monoisotopic (exact) mass is 695 g/mol. The van der Waals surface area contributed by atoms with Gasteiger partial charge >= 0.3 is 0 Å². The second-order valence-corrected chi connectivity index (χ2v) is 13.0. The fourth-order valence-corrected chi connectivity index (χ4v) is 6.34. The molecule has 0 radical (unpaired) electrons. The van der Waals surface area contributed by atoms with Crippen LogP contribution in [0.4, 0.5) is 5.69 Å². The Morgan fingerprint density at radius 3 is 2.16 bits per heavy atom. The van der Waals surface area contributed by atoms with E-state index in [1.165, 1.54) is 56.6 Å². The fourth-order valence-electron chi connectivity index (χ4n) is 4.30. The van der Waals surface area contributed by atoms with Gasteiger partial charge in [0, 0.05) is 28.1 Å². The maximum absolute atomic E-state index is 14.3. The van der Waals surface area contributed by atoms with Gasteiger partial charge in [0.1, 0.15) is 18.3 Å². The van der Waals surface area contributed by atoms with Gasteiger partial charge in [0.05, 0.1) is 31.9 Å². The van der Waals surface area contributed by atoms with Gasteiger partial charge in [-0.25, -0.2) is 8.42 Å². The van der Waals surface area contributed by atoms with Crippen LogP contribution in [0.25, 0.3) is 0 Å². The van der Waals surface area contributed by atoms with E-state index < -0.39 is 28.5 Å². The molecule has 1 atom stereocenters. The first-order valence-electron chi connectivity index (χ1n) is 13.2. The van der Waals surface area contributed by atoms with Crippen molar-refractivity contribution in [1.82, 2.24) is 10.2 Å². The molecule has 3 aromatic rings. The predicted octanol–water partition coefficient (Wildman–Crippen LogP) is 5.27. The molecule has 0 bridgehead atoms. The zero-order valence-electron chi connectivity index (χ0n) is 24.8. The number of amides is 2. The second-order valence-electron chi connectivity index (χ2n) is 9.84. The van der Waals surface area contributed by atoms with Gasteiger partial charge in [-0.2, -0.15) is 0 Å². The summed E-state index contributed by atoms with van der Waals surface area (Å²) < 4.78 is 46.3. The van der Waals surface area contributed by atoms with Crippen molar-refractivity contribution in [2.45, 2.75) is 44.3 Å². The molecule has 0 aliphatic rings. The Labute approximate surface area is 266 Å². The Morgan fingerprint density at radius 1 is 0.907 bits per heavy atom. The molecular weight excluding hydrogens is 662 g/mol. The smallest absolute Gasteiger partial charge is 0.265 e. The van der Waals surface area contributed by atoms with Crippen LogP contribution in [0.1, 0.15) is 26.3 Å².